The van der Waals surface area contributed by atoms with Crippen LogP contribution in [0.15, 0.2) is 24.9 Å². The Bertz CT molecular complexity index is 514. The van der Waals surface area contributed by atoms with Gasteiger partial charge in [0.2, 0.25) is 0 Å². The smallest absolute Gasteiger partial charge is 0.110 e. The van der Waals surface area contributed by atoms with Crippen molar-refractivity contribution < 1.29 is 0 Å². The Morgan fingerprint density at radius 3 is 2.75 bits per heavy atom. The summed E-state index contributed by atoms with van der Waals surface area (Å²) in [6.45, 7) is 6.39. The highest BCUT2D eigenvalue weighted by molar-refractivity contribution is 5.08. The number of hydrogen-bond acceptors (Lipinski definition) is 3. The van der Waals surface area contributed by atoms with Crippen LogP contribution in [0.4, 0.5) is 0 Å². The van der Waals surface area contributed by atoms with Crippen molar-refractivity contribution in [3.63, 3.8) is 0 Å². The van der Waals surface area contributed by atoms with Gasteiger partial charge in [-0.1, -0.05) is 13.8 Å². The summed E-state index contributed by atoms with van der Waals surface area (Å²) in [6.07, 6.45) is 11.0. The molecule has 5 nitrogen and oxygen atoms in total. The van der Waals surface area contributed by atoms with Crippen LogP contribution in [0.3, 0.4) is 0 Å². The van der Waals surface area contributed by atoms with Crippen molar-refractivity contribution in [2.75, 3.05) is 6.54 Å². The van der Waals surface area contributed by atoms with Crippen LogP contribution in [0.2, 0.25) is 0 Å². The van der Waals surface area contributed by atoms with Gasteiger partial charge in [-0.25, -0.2) is 9.97 Å². The van der Waals surface area contributed by atoms with E-state index in [4.69, 9.17) is 0 Å². The second kappa shape index (κ2) is 7.24. The van der Waals surface area contributed by atoms with Gasteiger partial charge >= 0.3 is 0 Å². The average molecular weight is 275 g/mol. The summed E-state index contributed by atoms with van der Waals surface area (Å²) in [7, 11) is 2.01. The lowest BCUT2D eigenvalue weighted by Crippen LogP contribution is -2.25. The zero-order chi connectivity index (χ0) is 14.4. The first kappa shape index (κ1) is 14.8. The first-order valence-corrected chi connectivity index (χ1v) is 7.45. The number of aromatic nitrogens is 4. The van der Waals surface area contributed by atoms with E-state index in [1.807, 2.05) is 24.1 Å². The van der Waals surface area contributed by atoms with Crippen LogP contribution in [0.5, 0.6) is 0 Å². The third kappa shape index (κ3) is 3.70. The molecule has 0 aliphatic heterocycles. The normalized spacial score (nSPS) is 12.8. The molecule has 0 saturated carbocycles. The van der Waals surface area contributed by atoms with E-state index >= 15 is 0 Å². The molecule has 110 valence electrons. The van der Waals surface area contributed by atoms with Crippen molar-refractivity contribution in [2.24, 2.45) is 7.05 Å². The van der Waals surface area contributed by atoms with Crippen molar-refractivity contribution in [1.82, 2.24) is 24.4 Å². The Kier molecular flexibility index (Phi) is 5.35. The fourth-order valence-corrected chi connectivity index (χ4v) is 2.37. The largest absolute Gasteiger partial charge is 0.340 e. The van der Waals surface area contributed by atoms with Crippen LogP contribution < -0.4 is 5.32 Å². The van der Waals surface area contributed by atoms with Crippen LogP contribution in [-0.2, 0) is 20.0 Å². The molecule has 1 N–H and O–H groups in total. The maximum Gasteiger partial charge on any atom is 0.110 e. The highest BCUT2D eigenvalue weighted by Crippen LogP contribution is 2.16. The summed E-state index contributed by atoms with van der Waals surface area (Å²) in [5.74, 6) is 1.13. The minimum atomic E-state index is 0.231. The Hall–Kier alpha value is -1.62. The molecule has 2 heterocycles. The number of imidazole rings is 2. The van der Waals surface area contributed by atoms with Gasteiger partial charge in [0.15, 0.2) is 0 Å². The highest BCUT2D eigenvalue weighted by Gasteiger charge is 2.16. The quantitative estimate of drug-likeness (QED) is 0.804. The van der Waals surface area contributed by atoms with Gasteiger partial charge in [0.25, 0.3) is 0 Å². The number of nitrogens with one attached hydrogen (secondary N) is 1. The molecule has 5 heteroatoms. The third-order valence-electron chi connectivity index (χ3n) is 3.38. The maximum atomic E-state index is 4.50. The maximum absolute atomic E-state index is 4.50. The second-order valence-corrected chi connectivity index (χ2v) is 5.21. The fraction of sp³-hybridized carbons (Fsp3) is 0.600. The second-order valence-electron chi connectivity index (χ2n) is 5.21. The molecule has 2 rings (SSSR count). The molecule has 0 amide bonds. The van der Waals surface area contributed by atoms with Gasteiger partial charge in [-0.15, -0.1) is 0 Å². The van der Waals surface area contributed by atoms with Gasteiger partial charge in [0, 0.05) is 38.6 Å². The average Bonchev–Trinajstić information content (AvgIpc) is 3.04. The lowest BCUT2D eigenvalue weighted by atomic mass is 10.1. The summed E-state index contributed by atoms with van der Waals surface area (Å²) in [6, 6.07) is 0.231. The minimum absolute atomic E-state index is 0.231. The summed E-state index contributed by atoms with van der Waals surface area (Å²) in [4.78, 5) is 8.99. The van der Waals surface area contributed by atoms with E-state index in [1.165, 1.54) is 0 Å². The van der Waals surface area contributed by atoms with Gasteiger partial charge in [-0.3, -0.25) is 0 Å². The van der Waals surface area contributed by atoms with Gasteiger partial charge in [0.05, 0.1) is 18.1 Å². The van der Waals surface area contributed by atoms with Gasteiger partial charge in [0.1, 0.15) is 5.82 Å². The van der Waals surface area contributed by atoms with Crippen molar-refractivity contribution in [3.05, 3.63) is 36.4 Å². The van der Waals surface area contributed by atoms with Crippen molar-refractivity contribution in [2.45, 2.75) is 45.7 Å². The Morgan fingerprint density at radius 1 is 1.25 bits per heavy atom. The molecule has 0 bridgehead atoms. The van der Waals surface area contributed by atoms with Crippen LogP contribution in [0.25, 0.3) is 0 Å². The lowest BCUT2D eigenvalue weighted by molar-refractivity contribution is 0.494. The van der Waals surface area contributed by atoms with E-state index < -0.39 is 0 Å². The van der Waals surface area contributed by atoms with Gasteiger partial charge in [-0.05, 0) is 19.4 Å². The van der Waals surface area contributed by atoms with E-state index in [-0.39, 0.29) is 6.04 Å². The van der Waals surface area contributed by atoms with Gasteiger partial charge in [-0.2, -0.15) is 0 Å². The minimum Gasteiger partial charge on any atom is -0.340 e. The van der Waals surface area contributed by atoms with E-state index in [0.29, 0.717) is 0 Å². The highest BCUT2D eigenvalue weighted by atomic mass is 15.1. The van der Waals surface area contributed by atoms with Crippen LogP contribution in [-0.4, -0.2) is 25.6 Å². The summed E-state index contributed by atoms with van der Waals surface area (Å²) < 4.78 is 4.23. The lowest BCUT2D eigenvalue weighted by Gasteiger charge is -2.17. The molecular formula is C15H25N5. The van der Waals surface area contributed by atoms with E-state index in [0.717, 1.165) is 43.9 Å². The molecule has 1 atom stereocenters. The molecular weight excluding hydrogens is 250 g/mol. The first-order valence-electron chi connectivity index (χ1n) is 7.45. The number of hydrogen-bond donors (Lipinski definition) is 1. The van der Waals surface area contributed by atoms with Crippen LogP contribution >= 0.6 is 0 Å². The standard InChI is InChI=1S/C15H25N5/c1-4-6-16-13(14-11-19(3)12-18-14)10-15-17-7-9-20(15)8-5-2/h7,9,11-13,16H,4-6,8,10H2,1-3H3. The molecule has 0 aliphatic carbocycles. The third-order valence-corrected chi connectivity index (χ3v) is 3.38. The molecule has 0 saturated heterocycles. The Balaban J connectivity index is 2.12. The molecule has 0 aromatic carbocycles. The SMILES string of the molecule is CCCNC(Cc1nccn1CCC)c1cn(C)cn1. The van der Waals surface area contributed by atoms with Crippen LogP contribution in [0.1, 0.15) is 44.2 Å². The van der Waals surface area contributed by atoms with Gasteiger partial charge < -0.3 is 14.5 Å². The topological polar surface area (TPSA) is 47.7 Å². The summed E-state index contributed by atoms with van der Waals surface area (Å²) in [5, 5.41) is 3.58. The molecule has 0 spiro atoms. The molecule has 2 aromatic heterocycles. The number of nitrogens with zero attached hydrogens (tertiary/aromatic N) is 4. The molecule has 20 heavy (non-hydrogen) atoms. The molecule has 0 fully saturated rings. The Labute approximate surface area is 121 Å². The monoisotopic (exact) mass is 275 g/mol. The van der Waals surface area contributed by atoms with E-state index in [9.17, 15) is 0 Å². The van der Waals surface area contributed by atoms with Crippen LogP contribution in [0, 0.1) is 0 Å². The molecule has 0 aliphatic rings. The predicted octanol–water partition coefficient (Wildman–Crippen LogP) is 2.31. The summed E-state index contributed by atoms with van der Waals surface area (Å²) >= 11 is 0. The fourth-order valence-electron chi connectivity index (χ4n) is 2.37. The number of aryl methyl sites for hydroxylation is 2. The van der Waals surface area contributed by atoms with Crippen molar-refractivity contribution in [3.8, 4) is 0 Å². The zero-order valence-corrected chi connectivity index (χ0v) is 12.7. The molecule has 0 radical (unpaired) electrons. The van der Waals surface area contributed by atoms with Crippen molar-refractivity contribution in [1.29, 1.82) is 0 Å². The molecule has 1 unspecified atom stereocenters. The molecule has 2 aromatic rings. The number of rotatable bonds is 8. The predicted molar refractivity (Wildman–Crippen MR) is 80.5 cm³/mol. The Morgan fingerprint density at radius 2 is 2.10 bits per heavy atom. The van der Waals surface area contributed by atoms with Crippen molar-refractivity contribution >= 4 is 0 Å². The zero-order valence-electron chi connectivity index (χ0n) is 12.7. The summed E-state index contributed by atoms with van der Waals surface area (Å²) in [5.41, 5.74) is 1.09. The first-order chi connectivity index (χ1) is 9.74. The van der Waals surface area contributed by atoms with E-state index in [2.05, 4.69) is 46.1 Å². The van der Waals surface area contributed by atoms with E-state index in [1.54, 1.807) is 0 Å².